The molecule has 4 amide bonds. The van der Waals surface area contributed by atoms with Crippen LogP contribution in [0.2, 0.25) is 0 Å². The van der Waals surface area contributed by atoms with Crippen molar-refractivity contribution in [2.75, 3.05) is 51.4 Å². The third-order valence-electron chi connectivity index (χ3n) is 14.0. The largest absolute Gasteiger partial charge is 0.497 e. The average Bonchev–Trinajstić information content (AvgIpc) is 4.19. The van der Waals surface area contributed by atoms with Crippen molar-refractivity contribution in [2.45, 2.75) is 114 Å². The van der Waals surface area contributed by atoms with Gasteiger partial charge in [-0.3, -0.25) is 24.0 Å². The first-order valence-electron chi connectivity index (χ1n) is 21.8. The summed E-state index contributed by atoms with van der Waals surface area (Å²) in [6, 6.07) is 5.25. The van der Waals surface area contributed by atoms with Gasteiger partial charge in [-0.15, -0.1) is 0 Å². The summed E-state index contributed by atoms with van der Waals surface area (Å²) in [5.74, 6) is -1.09. The SMILES string of the molecule is COc1ccc2c(O[C@@H]3C[C@H]4C(=O)N[C@]5(C(=O)NS(=O)(=O)C6(C)CC6)C[C@H]5C=CCC[C@H](C)C[C@@H](C)[C@H](N(CC5(C)CC5)C(=O)O)C(=O)N4C3)nc(N3CCOCC3)cc2c1. The molecular formula is C44H60N6O10S. The van der Waals surface area contributed by atoms with Crippen molar-refractivity contribution in [3.8, 4) is 11.6 Å². The maximum absolute atomic E-state index is 15.3. The Morgan fingerprint density at radius 1 is 1.08 bits per heavy atom. The Labute approximate surface area is 357 Å². The molecule has 3 aliphatic carbocycles. The van der Waals surface area contributed by atoms with Crippen molar-refractivity contribution in [1.29, 1.82) is 0 Å². The summed E-state index contributed by atoms with van der Waals surface area (Å²) in [4.78, 5) is 67.2. The van der Waals surface area contributed by atoms with Crippen LogP contribution >= 0.6 is 0 Å². The van der Waals surface area contributed by atoms with Gasteiger partial charge in [0.1, 0.15) is 35.3 Å². The molecule has 1 aromatic carbocycles. The molecule has 2 saturated heterocycles. The van der Waals surface area contributed by atoms with Gasteiger partial charge in [-0.25, -0.2) is 13.2 Å². The molecule has 6 aliphatic rings. The Hall–Kier alpha value is -4.64. The molecule has 3 N–H and O–H groups in total. The lowest BCUT2D eigenvalue weighted by Crippen LogP contribution is -2.60. The normalized spacial score (nSPS) is 30.8. The van der Waals surface area contributed by atoms with Crippen LogP contribution < -0.4 is 24.4 Å². The van der Waals surface area contributed by atoms with Crippen molar-refractivity contribution in [3.05, 3.63) is 36.4 Å². The van der Waals surface area contributed by atoms with Gasteiger partial charge in [0.2, 0.25) is 27.7 Å². The third-order valence-corrected chi connectivity index (χ3v) is 16.2. The average molecular weight is 865 g/mol. The van der Waals surface area contributed by atoms with E-state index in [9.17, 15) is 27.9 Å². The number of fused-ring (bicyclic) bond motifs is 3. The predicted octanol–water partition coefficient (Wildman–Crippen LogP) is 4.46. The maximum atomic E-state index is 15.3. The molecule has 332 valence electrons. The highest BCUT2D eigenvalue weighted by Gasteiger charge is 2.63. The predicted molar refractivity (Wildman–Crippen MR) is 227 cm³/mol. The summed E-state index contributed by atoms with van der Waals surface area (Å²) >= 11 is 0. The van der Waals surface area contributed by atoms with Crippen LogP contribution in [0.25, 0.3) is 10.8 Å². The number of sulfonamides is 1. The molecular weight excluding hydrogens is 805 g/mol. The molecule has 17 heteroatoms. The van der Waals surface area contributed by atoms with Gasteiger partial charge in [0, 0.05) is 37.4 Å². The highest BCUT2D eigenvalue weighted by molar-refractivity contribution is 7.91. The summed E-state index contributed by atoms with van der Waals surface area (Å²) in [7, 11) is -2.44. The molecule has 8 rings (SSSR count). The van der Waals surface area contributed by atoms with E-state index in [2.05, 4.69) is 21.9 Å². The summed E-state index contributed by atoms with van der Waals surface area (Å²) in [6.45, 7) is 10.1. The van der Waals surface area contributed by atoms with Crippen molar-refractivity contribution in [3.63, 3.8) is 0 Å². The molecule has 4 heterocycles. The van der Waals surface area contributed by atoms with E-state index >= 15 is 4.79 Å². The smallest absolute Gasteiger partial charge is 0.408 e. The van der Waals surface area contributed by atoms with Crippen LogP contribution in [-0.2, 0) is 29.1 Å². The Morgan fingerprint density at radius 2 is 1.82 bits per heavy atom. The molecule has 7 atom stereocenters. The molecule has 61 heavy (non-hydrogen) atoms. The number of anilines is 1. The second-order valence-electron chi connectivity index (χ2n) is 19.1. The zero-order valence-corrected chi connectivity index (χ0v) is 36.7. The van der Waals surface area contributed by atoms with Crippen LogP contribution in [-0.4, -0.2) is 127 Å². The lowest BCUT2D eigenvalue weighted by molar-refractivity contribution is -0.144. The first kappa shape index (κ1) is 43.0. The van der Waals surface area contributed by atoms with Crippen LogP contribution in [0.5, 0.6) is 11.6 Å². The number of carbonyl (C=O) groups is 4. The molecule has 0 spiro atoms. The van der Waals surface area contributed by atoms with E-state index < -0.39 is 74.1 Å². The van der Waals surface area contributed by atoms with Crippen molar-refractivity contribution < 1.29 is 46.9 Å². The number of rotatable bonds is 10. The number of benzene rings is 1. The minimum absolute atomic E-state index is 0.00947. The Bertz CT molecular complexity index is 2200. The van der Waals surface area contributed by atoms with Gasteiger partial charge >= 0.3 is 6.09 Å². The van der Waals surface area contributed by atoms with Crippen LogP contribution in [0.3, 0.4) is 0 Å². The number of hydrogen-bond acceptors (Lipinski definition) is 11. The highest BCUT2D eigenvalue weighted by Crippen LogP contribution is 2.49. The molecule has 0 bridgehead atoms. The number of aromatic nitrogens is 1. The van der Waals surface area contributed by atoms with Gasteiger partial charge in [0.15, 0.2) is 0 Å². The monoisotopic (exact) mass is 864 g/mol. The lowest BCUT2D eigenvalue weighted by Gasteiger charge is -2.38. The van der Waals surface area contributed by atoms with Crippen molar-refractivity contribution >= 4 is 50.4 Å². The highest BCUT2D eigenvalue weighted by atomic mass is 32.2. The maximum Gasteiger partial charge on any atom is 0.408 e. The topological polar surface area (TPSA) is 197 Å². The van der Waals surface area contributed by atoms with Crippen molar-refractivity contribution in [1.82, 2.24) is 24.8 Å². The molecule has 3 saturated carbocycles. The van der Waals surface area contributed by atoms with Gasteiger partial charge in [-0.2, -0.15) is 4.98 Å². The lowest BCUT2D eigenvalue weighted by atomic mass is 9.86. The number of carbonyl (C=O) groups excluding carboxylic acids is 3. The number of hydrogen-bond donors (Lipinski definition) is 3. The van der Waals surface area contributed by atoms with Gasteiger partial charge < -0.3 is 34.4 Å². The van der Waals surface area contributed by atoms with Crippen LogP contribution in [0.1, 0.15) is 85.5 Å². The molecule has 3 aliphatic heterocycles. The minimum atomic E-state index is -4.03. The standard InChI is InChI=1S/C44H60N6O10S/c1-27-8-6-7-9-30-24-44(30,40(53)47-61(56,57)43(4)14-15-43)46-37(51)34-23-32(25-49(34)39(52)36(28(2)20-27)50(41(54)55)26-42(3)12-13-42)60-38-33-11-10-31(58-5)21-29(33)22-35(45-38)48-16-18-59-19-17-48/h7,9-11,21-22,27-28,30,32,34,36H,6,8,12-20,23-26H2,1-5H3,(H,46,51)(H,47,53)(H,54,55)/t27-,28+,30+,32+,34-,36-,44+/m0/s1. The van der Waals surface area contributed by atoms with Gasteiger partial charge in [0.25, 0.3) is 5.91 Å². The van der Waals surface area contributed by atoms with Gasteiger partial charge in [-0.05, 0) is 105 Å². The molecule has 1 aromatic heterocycles. The summed E-state index contributed by atoms with van der Waals surface area (Å²) < 4.78 is 45.8. The number of carboxylic acid groups (broad SMARTS) is 1. The Morgan fingerprint density at radius 3 is 2.49 bits per heavy atom. The second-order valence-corrected chi connectivity index (χ2v) is 21.3. The first-order chi connectivity index (χ1) is 28.9. The van der Waals surface area contributed by atoms with Crippen LogP contribution in [0, 0.1) is 23.2 Å². The van der Waals surface area contributed by atoms with Crippen LogP contribution in [0.4, 0.5) is 10.6 Å². The van der Waals surface area contributed by atoms with E-state index in [1.807, 2.05) is 50.3 Å². The first-order valence-corrected chi connectivity index (χ1v) is 23.3. The number of ether oxygens (including phenoxy) is 3. The molecule has 5 fully saturated rings. The molecule has 16 nitrogen and oxygen atoms in total. The zero-order chi connectivity index (χ0) is 43.5. The number of amides is 4. The third kappa shape index (κ3) is 8.73. The number of nitrogens with one attached hydrogen (secondary N) is 2. The molecule has 0 unspecified atom stereocenters. The number of morpholine rings is 1. The molecule has 0 radical (unpaired) electrons. The number of methoxy groups -OCH3 is 1. The van der Waals surface area contributed by atoms with E-state index in [4.69, 9.17) is 19.2 Å². The van der Waals surface area contributed by atoms with E-state index in [0.29, 0.717) is 74.8 Å². The van der Waals surface area contributed by atoms with E-state index in [0.717, 1.165) is 24.6 Å². The van der Waals surface area contributed by atoms with Gasteiger partial charge in [0.05, 0.1) is 31.6 Å². The Kier molecular flexibility index (Phi) is 11.5. The fourth-order valence-electron chi connectivity index (χ4n) is 9.40. The van der Waals surface area contributed by atoms with Crippen molar-refractivity contribution in [2.24, 2.45) is 23.2 Å². The van der Waals surface area contributed by atoms with Crippen LogP contribution in [0.15, 0.2) is 36.4 Å². The fourth-order valence-corrected chi connectivity index (χ4v) is 10.7. The van der Waals surface area contributed by atoms with E-state index in [-0.39, 0.29) is 37.3 Å². The quantitative estimate of drug-likeness (QED) is 0.284. The molecule has 2 aromatic rings. The zero-order valence-electron chi connectivity index (χ0n) is 35.9. The van der Waals surface area contributed by atoms with E-state index in [1.54, 1.807) is 14.0 Å². The fraction of sp³-hybridized carbons (Fsp3) is 0.659. The number of pyridine rings is 1. The van der Waals surface area contributed by atoms with E-state index in [1.165, 1.54) is 9.80 Å². The summed E-state index contributed by atoms with van der Waals surface area (Å²) in [5.41, 5.74) is -1.81. The summed E-state index contributed by atoms with van der Waals surface area (Å²) in [5, 5.41) is 15.2. The Balaban J connectivity index is 1.17. The number of nitrogens with zero attached hydrogens (tertiary/aromatic N) is 4. The summed E-state index contributed by atoms with van der Waals surface area (Å²) in [6.07, 6.45) is 6.58. The number of allylic oxidation sites excluding steroid dienone is 1. The van der Waals surface area contributed by atoms with Gasteiger partial charge in [-0.1, -0.05) is 32.9 Å². The minimum Gasteiger partial charge on any atom is -0.497 e. The second kappa shape index (κ2) is 16.2.